The number of aromatic nitrogens is 4. The maximum absolute atomic E-state index is 13.4. The Kier molecular flexibility index (Phi) is 8.71. The van der Waals surface area contributed by atoms with Crippen molar-refractivity contribution in [1.82, 2.24) is 25.1 Å². The largest absolute Gasteiger partial charge is 0.408 e. The smallest absolute Gasteiger partial charge is 0.377 e. The van der Waals surface area contributed by atoms with E-state index in [1.165, 1.54) is 6.20 Å². The molecule has 238 valence electrons. The van der Waals surface area contributed by atoms with Crippen LogP contribution in [0.2, 0.25) is 0 Å². The van der Waals surface area contributed by atoms with Crippen LogP contribution in [0, 0.1) is 0 Å². The molecule has 11 nitrogen and oxygen atoms in total. The van der Waals surface area contributed by atoms with Crippen molar-refractivity contribution in [3.63, 3.8) is 0 Å². The molecule has 3 aliphatic rings. The van der Waals surface area contributed by atoms with Gasteiger partial charge in [0.15, 0.2) is 11.5 Å². The maximum Gasteiger partial charge on any atom is 0.408 e. The zero-order valence-electron chi connectivity index (χ0n) is 24.3. The molecule has 5 heterocycles. The molecule has 2 unspecified atom stereocenters. The number of carbonyl (C=O) groups excluding carboxylic acids is 1. The predicted molar refractivity (Wildman–Crippen MR) is 168 cm³/mol. The summed E-state index contributed by atoms with van der Waals surface area (Å²) in [7, 11) is 0. The molecule has 7 rings (SSSR count). The van der Waals surface area contributed by atoms with Gasteiger partial charge in [0.1, 0.15) is 12.4 Å². The first-order valence-corrected chi connectivity index (χ1v) is 14.7. The molecule has 0 saturated carbocycles. The van der Waals surface area contributed by atoms with Crippen molar-refractivity contribution in [2.24, 2.45) is 0 Å². The number of amides is 2. The highest BCUT2D eigenvalue weighted by molar-refractivity contribution is 6.00. The fourth-order valence-corrected chi connectivity index (χ4v) is 6.20. The SMILES string of the molecule is Cl.O=C(Nc1ccc(-c2nc(N3C4CCC3COC4)c3cnn(CC(F)(F)F)c3n2)cc1)Nc1ccc(N2CCNCC2)cc1. The van der Waals surface area contributed by atoms with Crippen molar-refractivity contribution < 1.29 is 22.7 Å². The number of carbonyl (C=O) groups is 1. The lowest BCUT2D eigenvalue weighted by Gasteiger charge is -2.36. The topological polar surface area (TPSA) is 112 Å². The van der Waals surface area contributed by atoms with Gasteiger partial charge in [-0.1, -0.05) is 0 Å². The van der Waals surface area contributed by atoms with E-state index in [9.17, 15) is 18.0 Å². The highest BCUT2D eigenvalue weighted by atomic mass is 35.5. The average molecular weight is 644 g/mol. The number of benzene rings is 2. The van der Waals surface area contributed by atoms with E-state index in [2.05, 4.69) is 35.8 Å². The van der Waals surface area contributed by atoms with Crippen LogP contribution >= 0.6 is 12.4 Å². The van der Waals surface area contributed by atoms with Crippen LogP contribution in [0.5, 0.6) is 0 Å². The number of morpholine rings is 1. The lowest BCUT2D eigenvalue weighted by atomic mass is 10.1. The molecular formula is C30H33ClF3N9O2. The Bertz CT molecular complexity index is 1630. The second-order valence-corrected chi connectivity index (χ2v) is 11.3. The molecule has 2 bridgehead atoms. The second-order valence-electron chi connectivity index (χ2n) is 11.3. The van der Waals surface area contributed by atoms with Crippen LogP contribution in [0.15, 0.2) is 54.7 Å². The summed E-state index contributed by atoms with van der Waals surface area (Å²) in [6.07, 6.45) is -1.20. The number of hydrogen-bond donors (Lipinski definition) is 3. The molecular weight excluding hydrogens is 611 g/mol. The Labute approximate surface area is 263 Å². The van der Waals surface area contributed by atoms with Gasteiger partial charge in [-0.2, -0.15) is 18.3 Å². The minimum atomic E-state index is -4.46. The summed E-state index contributed by atoms with van der Waals surface area (Å²) in [5, 5.41) is 13.5. The summed E-state index contributed by atoms with van der Waals surface area (Å²) >= 11 is 0. The molecule has 2 aromatic heterocycles. The van der Waals surface area contributed by atoms with Crippen LogP contribution < -0.4 is 25.8 Å². The van der Waals surface area contributed by atoms with Crippen LogP contribution in [0.3, 0.4) is 0 Å². The zero-order valence-corrected chi connectivity index (χ0v) is 25.1. The first-order valence-electron chi connectivity index (χ1n) is 14.7. The maximum atomic E-state index is 13.4. The summed E-state index contributed by atoms with van der Waals surface area (Å²) in [5.41, 5.74) is 3.04. The Balaban J connectivity index is 0.00000357. The first kappa shape index (κ1) is 30.9. The number of hydrogen-bond acceptors (Lipinski definition) is 8. The van der Waals surface area contributed by atoms with Gasteiger partial charge in [0.2, 0.25) is 0 Å². The van der Waals surface area contributed by atoms with Gasteiger partial charge in [0.25, 0.3) is 0 Å². The molecule has 2 amide bonds. The first-order chi connectivity index (χ1) is 21.3. The van der Waals surface area contributed by atoms with Crippen molar-refractivity contribution in [2.75, 3.05) is 59.8 Å². The van der Waals surface area contributed by atoms with Gasteiger partial charge >= 0.3 is 12.2 Å². The number of anilines is 4. The standard InChI is InChI=1S/C30H32F3N9O2.ClH/c31-30(32,33)18-41-27-25(15-35-41)28(42-23-9-10-24(42)17-44-16-23)39-26(38-27)19-1-3-20(4-2-19)36-29(43)37-21-5-7-22(8-6-21)40-13-11-34-12-14-40;/h1-8,15,23-24,34H,9-14,16-18H2,(H2,36,37,43);1H. The molecule has 4 aromatic rings. The molecule has 0 spiro atoms. The van der Waals surface area contributed by atoms with E-state index in [0.717, 1.165) is 49.4 Å². The molecule has 3 aliphatic heterocycles. The molecule has 3 N–H and O–H groups in total. The van der Waals surface area contributed by atoms with E-state index in [1.54, 1.807) is 24.3 Å². The number of fused-ring (bicyclic) bond motifs is 3. The summed E-state index contributed by atoms with van der Waals surface area (Å²) < 4.78 is 46.7. The van der Waals surface area contributed by atoms with E-state index in [-0.39, 0.29) is 36.0 Å². The van der Waals surface area contributed by atoms with Crippen molar-refractivity contribution in [3.8, 4) is 11.4 Å². The third-order valence-corrected chi connectivity index (χ3v) is 8.30. The Morgan fingerprint density at radius 3 is 2.18 bits per heavy atom. The van der Waals surface area contributed by atoms with Gasteiger partial charge in [0, 0.05) is 48.8 Å². The summed E-state index contributed by atoms with van der Waals surface area (Å²) in [6, 6.07) is 14.4. The van der Waals surface area contributed by atoms with Crippen LogP contribution in [0.1, 0.15) is 12.8 Å². The zero-order chi connectivity index (χ0) is 30.3. The molecule has 0 aliphatic carbocycles. The lowest BCUT2D eigenvalue weighted by Crippen LogP contribution is -2.46. The quantitative estimate of drug-likeness (QED) is 0.272. The normalized spacial score (nSPS) is 19.8. The van der Waals surface area contributed by atoms with Crippen molar-refractivity contribution in [1.29, 1.82) is 0 Å². The van der Waals surface area contributed by atoms with Crippen molar-refractivity contribution in [3.05, 3.63) is 54.7 Å². The third-order valence-electron chi connectivity index (χ3n) is 8.30. The van der Waals surface area contributed by atoms with E-state index >= 15 is 0 Å². The third kappa shape index (κ3) is 6.63. The van der Waals surface area contributed by atoms with Crippen molar-refractivity contribution in [2.45, 2.75) is 37.6 Å². The van der Waals surface area contributed by atoms with Gasteiger partial charge in [-0.25, -0.2) is 19.4 Å². The summed E-state index contributed by atoms with van der Waals surface area (Å²) in [5.74, 6) is 0.849. The Morgan fingerprint density at radius 2 is 1.56 bits per heavy atom. The number of urea groups is 1. The minimum Gasteiger partial charge on any atom is -0.377 e. The van der Waals surface area contributed by atoms with Gasteiger partial charge in [-0.15, -0.1) is 12.4 Å². The molecule has 2 atom stereocenters. The van der Waals surface area contributed by atoms with E-state index in [0.29, 0.717) is 41.4 Å². The summed E-state index contributed by atoms with van der Waals surface area (Å²) in [4.78, 5) is 26.5. The van der Waals surface area contributed by atoms with E-state index < -0.39 is 18.8 Å². The van der Waals surface area contributed by atoms with Crippen LogP contribution in [0.4, 0.5) is 40.8 Å². The summed E-state index contributed by atoms with van der Waals surface area (Å²) in [6.45, 7) is 3.59. The van der Waals surface area contributed by atoms with Crippen LogP contribution in [0.25, 0.3) is 22.4 Å². The predicted octanol–water partition coefficient (Wildman–Crippen LogP) is 4.90. The van der Waals surface area contributed by atoms with Gasteiger partial charge < -0.3 is 30.5 Å². The molecule has 3 saturated heterocycles. The Morgan fingerprint density at radius 1 is 0.933 bits per heavy atom. The highest BCUT2D eigenvalue weighted by Gasteiger charge is 2.40. The number of alkyl halides is 3. The number of halogens is 4. The van der Waals surface area contributed by atoms with Crippen LogP contribution in [-0.4, -0.2) is 83.4 Å². The van der Waals surface area contributed by atoms with Gasteiger partial charge in [-0.05, 0) is 61.4 Å². The van der Waals surface area contributed by atoms with E-state index in [1.807, 2.05) is 24.3 Å². The molecule has 45 heavy (non-hydrogen) atoms. The minimum absolute atomic E-state index is 0. The van der Waals surface area contributed by atoms with Gasteiger partial charge in [0.05, 0.1) is 36.9 Å². The van der Waals surface area contributed by atoms with Crippen molar-refractivity contribution >= 4 is 52.4 Å². The van der Waals surface area contributed by atoms with E-state index in [4.69, 9.17) is 9.72 Å². The number of rotatable bonds is 6. The Hall–Kier alpha value is -4.14. The molecule has 3 fully saturated rings. The lowest BCUT2D eigenvalue weighted by molar-refractivity contribution is -0.141. The molecule has 2 aromatic carbocycles. The molecule has 0 radical (unpaired) electrons. The number of piperazine rings is 1. The molecule has 15 heteroatoms. The number of nitrogens with one attached hydrogen (secondary N) is 3. The van der Waals surface area contributed by atoms with Gasteiger partial charge in [-0.3, -0.25) is 0 Å². The highest BCUT2D eigenvalue weighted by Crippen LogP contribution is 2.38. The van der Waals surface area contributed by atoms with Crippen LogP contribution in [-0.2, 0) is 11.3 Å². The number of ether oxygens (including phenoxy) is 1. The monoisotopic (exact) mass is 643 g/mol. The number of nitrogens with zero attached hydrogens (tertiary/aromatic N) is 6. The fraction of sp³-hybridized carbons (Fsp3) is 0.400. The second kappa shape index (κ2) is 12.7. The fourth-order valence-electron chi connectivity index (χ4n) is 6.20. The average Bonchev–Trinajstić information content (AvgIpc) is 3.52.